The molecule has 268 valence electrons. The number of imide groups is 2. The van der Waals surface area contributed by atoms with Gasteiger partial charge in [-0.2, -0.15) is 8.42 Å². The Morgan fingerprint density at radius 3 is 2.44 bits per heavy atom. The van der Waals surface area contributed by atoms with Crippen LogP contribution in [0.25, 0.3) is 0 Å². The maximum absolute atomic E-state index is 12.9. The molecule has 0 bridgehead atoms. The number of rotatable bonds is 11. The molecule has 0 spiro atoms. The molecule has 50 heavy (non-hydrogen) atoms. The summed E-state index contributed by atoms with van der Waals surface area (Å²) in [5.41, 5.74) is 5.63. The van der Waals surface area contributed by atoms with Crippen molar-refractivity contribution in [1.29, 1.82) is 0 Å². The van der Waals surface area contributed by atoms with E-state index >= 15 is 0 Å². The smallest absolute Gasteiger partial charge is 0.350 e. The summed E-state index contributed by atoms with van der Waals surface area (Å²) in [7, 11) is -4.90. The minimum absolute atomic E-state index is 0.0237. The number of anilines is 1. The Labute approximate surface area is 282 Å². The first-order valence-electron chi connectivity index (χ1n) is 13.6. The maximum Gasteiger partial charge on any atom is 0.350 e. The van der Waals surface area contributed by atoms with E-state index < -0.39 is 87.1 Å². The number of aromatic hydroxyl groups is 1. The Kier molecular flexibility index (Phi) is 10.2. The molecule has 2 aliphatic heterocycles. The highest BCUT2D eigenvalue weighted by molar-refractivity contribution is 7.88. The fraction of sp³-hybridized carbons (Fsp3) is 0.304. The van der Waals surface area contributed by atoms with Gasteiger partial charge in [-0.1, -0.05) is 5.16 Å². The molecule has 27 heteroatoms. The molecule has 4 rings (SSSR count). The van der Waals surface area contributed by atoms with Crippen LogP contribution in [-0.2, 0) is 29.4 Å². The van der Waals surface area contributed by atoms with E-state index in [2.05, 4.69) is 25.9 Å². The van der Waals surface area contributed by atoms with Gasteiger partial charge in [-0.05, 0) is 13.8 Å². The lowest BCUT2D eigenvalue weighted by Gasteiger charge is -2.36. The van der Waals surface area contributed by atoms with Crippen molar-refractivity contribution in [1.82, 2.24) is 50.5 Å². The fourth-order valence-corrected chi connectivity index (χ4v) is 4.88. The number of hydrazine groups is 2. The Morgan fingerprint density at radius 1 is 1.14 bits per heavy atom. The Balaban J connectivity index is 1.27. The van der Waals surface area contributed by atoms with Crippen molar-refractivity contribution in [2.75, 3.05) is 25.4 Å². The van der Waals surface area contributed by atoms with Gasteiger partial charge in [0.25, 0.3) is 17.7 Å². The zero-order valence-corrected chi connectivity index (χ0v) is 27.1. The third-order valence-electron chi connectivity index (χ3n) is 6.48. The predicted octanol–water partition coefficient (Wildman–Crippen LogP) is -3.72. The fourth-order valence-electron chi connectivity index (χ4n) is 3.72. The molecular formula is C23H26N12O13S2. The van der Waals surface area contributed by atoms with Gasteiger partial charge in [0.1, 0.15) is 17.4 Å². The summed E-state index contributed by atoms with van der Waals surface area (Å²) in [4.78, 5) is 112. The van der Waals surface area contributed by atoms with Crippen LogP contribution < -0.4 is 36.9 Å². The Bertz CT molecular complexity index is 1980. The van der Waals surface area contributed by atoms with E-state index in [1.165, 1.54) is 14.9 Å². The quantitative estimate of drug-likeness (QED) is 0.0607. The molecule has 0 aliphatic carbocycles. The number of carbonyl (C=O) groups is 7. The number of aromatic nitrogens is 2. The average molecular weight is 743 g/mol. The summed E-state index contributed by atoms with van der Waals surface area (Å²) < 4.78 is 26.1. The normalized spacial score (nSPS) is 16.4. The van der Waals surface area contributed by atoms with Gasteiger partial charge in [-0.3, -0.25) is 34.9 Å². The number of urea groups is 3. The first-order chi connectivity index (χ1) is 23.3. The number of carboxylic acid groups (broad SMARTS) is 1. The van der Waals surface area contributed by atoms with Crippen LogP contribution in [0.1, 0.15) is 30.0 Å². The molecule has 2 aliphatic rings. The van der Waals surface area contributed by atoms with E-state index in [1.54, 1.807) is 5.43 Å². The number of nitrogen functional groups attached to an aromatic ring is 1. The van der Waals surface area contributed by atoms with Crippen molar-refractivity contribution in [3.63, 3.8) is 0 Å². The molecule has 0 radical (unpaired) electrons. The number of thiazole rings is 1. The van der Waals surface area contributed by atoms with Crippen molar-refractivity contribution in [2.45, 2.75) is 25.5 Å². The second-order valence-corrected chi connectivity index (χ2v) is 12.8. The van der Waals surface area contributed by atoms with Crippen LogP contribution in [0.5, 0.6) is 5.75 Å². The molecule has 2 fully saturated rings. The number of carbonyl (C=O) groups excluding carboxylic acids is 6. The average Bonchev–Trinajstić information content (AvgIpc) is 3.63. The number of H-pyrrole nitrogens is 1. The zero-order chi connectivity index (χ0) is 37.1. The molecule has 25 nitrogen and oxygen atoms in total. The number of oxime groups is 1. The van der Waals surface area contributed by atoms with Crippen molar-refractivity contribution in [3.05, 3.63) is 39.3 Å². The minimum atomic E-state index is -4.90. The number of β-lactam (4-membered cyclic amide) rings is 1. The number of aromatic amines is 1. The number of carboxylic acids is 1. The second kappa shape index (κ2) is 14.0. The Hall–Kier alpha value is -6.35. The number of hydrogen-bond donors (Lipinski definition) is 9. The Morgan fingerprint density at radius 2 is 1.84 bits per heavy atom. The highest BCUT2D eigenvalue weighted by Crippen LogP contribution is 2.17. The van der Waals surface area contributed by atoms with Gasteiger partial charge in [-0.25, -0.2) is 38.8 Å². The number of nitrogens with two attached hydrogens (primary N) is 1. The van der Waals surface area contributed by atoms with Gasteiger partial charge in [0, 0.05) is 17.6 Å². The highest BCUT2D eigenvalue weighted by Gasteiger charge is 2.44. The first kappa shape index (κ1) is 36.5. The van der Waals surface area contributed by atoms with Gasteiger partial charge in [0.2, 0.25) is 11.0 Å². The molecule has 2 saturated heterocycles. The first-order valence-corrected chi connectivity index (χ1v) is 15.9. The van der Waals surface area contributed by atoms with Crippen LogP contribution in [-0.4, -0.2) is 122 Å². The largest absolute Gasteiger partial charge is 0.503 e. The molecule has 9 amide bonds. The van der Waals surface area contributed by atoms with E-state index in [0.717, 1.165) is 37.4 Å². The van der Waals surface area contributed by atoms with Crippen LogP contribution in [0.3, 0.4) is 0 Å². The topological polar surface area (TPSA) is 357 Å². The van der Waals surface area contributed by atoms with Gasteiger partial charge < -0.3 is 31.1 Å². The molecule has 0 unspecified atom stereocenters. The summed E-state index contributed by atoms with van der Waals surface area (Å²) in [6.07, 6.45) is 0.847. The van der Waals surface area contributed by atoms with Gasteiger partial charge in [-0.15, -0.1) is 16.2 Å². The lowest BCUT2D eigenvalue weighted by molar-refractivity contribution is -0.161. The number of nitrogens with zero attached hydrogens (tertiary/aromatic N) is 5. The summed E-state index contributed by atoms with van der Waals surface area (Å²) in [6.45, 7) is 1.18. The molecule has 0 saturated carbocycles. The van der Waals surface area contributed by atoms with Gasteiger partial charge in [0.15, 0.2) is 16.6 Å². The molecular weight excluding hydrogens is 716 g/mol. The minimum Gasteiger partial charge on any atom is -0.503 e. The number of pyridine rings is 1. The maximum atomic E-state index is 12.9. The van der Waals surface area contributed by atoms with Crippen LogP contribution in [0.4, 0.5) is 19.5 Å². The van der Waals surface area contributed by atoms with E-state index in [1.807, 2.05) is 0 Å². The van der Waals surface area contributed by atoms with Crippen LogP contribution in [0.15, 0.2) is 27.6 Å². The van der Waals surface area contributed by atoms with Crippen LogP contribution in [0, 0.1) is 0 Å². The predicted molar refractivity (Wildman–Crippen MR) is 164 cm³/mol. The van der Waals surface area contributed by atoms with E-state index in [0.29, 0.717) is 14.8 Å². The lowest BCUT2D eigenvalue weighted by Crippen LogP contribution is -2.68. The van der Waals surface area contributed by atoms with Gasteiger partial charge >= 0.3 is 34.3 Å². The number of nitrogens with one attached hydrogen (secondary N) is 6. The summed E-state index contributed by atoms with van der Waals surface area (Å²) >= 11 is 0.918. The third-order valence-corrected chi connectivity index (χ3v) is 7.97. The SMILES string of the molecule is CC(C)(ON=C(C(=O)N[C@H]1CN(C(=O)NS(=O)(=O)NNC(=O)N2CCN(NC(=O)c3cc(=O)c(O)c[nH]3)C2=O)C1=O)c1csc(N)n1)C(=O)O. The zero-order valence-electron chi connectivity index (χ0n) is 25.4. The van der Waals surface area contributed by atoms with Crippen molar-refractivity contribution >= 4 is 74.2 Å². The summed E-state index contributed by atoms with van der Waals surface area (Å²) in [6, 6.07) is -4.54. The number of likely N-dealkylation sites (tertiary alicyclic amines) is 1. The van der Waals surface area contributed by atoms with E-state index in [4.69, 9.17) is 10.6 Å². The standard InChI is InChI=1S/C23H26N12O13S2/c1-23(2,18(41)42)48-30-14(11-8-49-19(24)27-11)16(39)26-10-7-34(17(10)40)21(44)31-50(46,47)32-28-20(43)33-3-4-35(22(33)45)29-15(38)9-5-12(36)13(37)6-25-9/h5-6,8,10,32,37H,3-4,7H2,1-2H3,(H2,24,27)(H,25,36)(H,26,39)(H,28,43)(H,29,38)(H,31,44)(H,41,42)/t10-/m0/s1. The van der Waals surface area contributed by atoms with Crippen LogP contribution >= 0.6 is 11.3 Å². The van der Waals surface area contributed by atoms with E-state index in [9.17, 15) is 57.0 Å². The molecule has 1 atom stereocenters. The van der Waals surface area contributed by atoms with E-state index in [-0.39, 0.29) is 29.6 Å². The second-order valence-electron chi connectivity index (χ2n) is 10.5. The molecule has 0 aromatic carbocycles. The number of hydrogen-bond acceptors (Lipinski definition) is 16. The summed E-state index contributed by atoms with van der Waals surface area (Å²) in [5, 5.41) is 26.3. The summed E-state index contributed by atoms with van der Waals surface area (Å²) in [5.74, 6) is -5.19. The van der Waals surface area contributed by atoms with Crippen LogP contribution in [0.2, 0.25) is 0 Å². The van der Waals surface area contributed by atoms with Gasteiger partial charge in [0.05, 0.1) is 19.6 Å². The molecule has 4 heterocycles. The van der Waals surface area contributed by atoms with Crippen molar-refractivity contribution < 1.29 is 57.0 Å². The van der Waals surface area contributed by atoms with Crippen molar-refractivity contribution in [2.24, 2.45) is 5.16 Å². The van der Waals surface area contributed by atoms with Crippen molar-refractivity contribution in [3.8, 4) is 5.75 Å². The molecule has 10 N–H and O–H groups in total. The molecule has 2 aromatic rings. The third kappa shape index (κ3) is 8.19. The monoisotopic (exact) mass is 742 g/mol. The number of aliphatic carboxylic acids is 1. The highest BCUT2D eigenvalue weighted by atomic mass is 32.2. The lowest BCUT2D eigenvalue weighted by atomic mass is 10.1. The number of amides is 9. The molecule has 2 aromatic heterocycles.